The summed E-state index contributed by atoms with van der Waals surface area (Å²) in [6, 6.07) is 3.84. The van der Waals surface area contributed by atoms with Crippen molar-refractivity contribution < 1.29 is 0 Å². The minimum atomic E-state index is 0.581. The number of nitrogens with zero attached hydrogens (tertiary/aromatic N) is 1. The van der Waals surface area contributed by atoms with Crippen LogP contribution in [0.15, 0.2) is 18.3 Å². The van der Waals surface area contributed by atoms with Gasteiger partial charge in [0, 0.05) is 24.5 Å². The van der Waals surface area contributed by atoms with Gasteiger partial charge in [0.05, 0.1) is 0 Å². The molecular formula is C11H17N3. The largest absolute Gasteiger partial charge is 0.385 e. The molecule has 1 heterocycles. The Bertz CT molecular complexity index is 311. The molecule has 2 rings (SSSR count). The van der Waals surface area contributed by atoms with Crippen molar-refractivity contribution >= 4 is 11.5 Å². The Labute approximate surface area is 84.7 Å². The van der Waals surface area contributed by atoms with E-state index in [0.717, 1.165) is 24.1 Å². The summed E-state index contributed by atoms with van der Waals surface area (Å²) in [5.74, 6) is 2.40. The van der Waals surface area contributed by atoms with Gasteiger partial charge in [0.2, 0.25) is 0 Å². The normalized spacial score (nSPS) is 24.6. The van der Waals surface area contributed by atoms with Crippen molar-refractivity contribution in [2.45, 2.75) is 19.8 Å². The molecule has 1 saturated carbocycles. The fourth-order valence-electron chi connectivity index (χ4n) is 1.87. The fraction of sp³-hybridized carbons (Fsp3) is 0.545. The summed E-state index contributed by atoms with van der Waals surface area (Å²) in [5, 5.41) is 3.39. The van der Waals surface area contributed by atoms with Crippen molar-refractivity contribution in [3.05, 3.63) is 18.3 Å². The minimum Gasteiger partial charge on any atom is -0.385 e. The first-order chi connectivity index (χ1) is 6.79. The maximum atomic E-state index is 5.58. The number of pyridine rings is 1. The summed E-state index contributed by atoms with van der Waals surface area (Å²) >= 11 is 0. The van der Waals surface area contributed by atoms with E-state index in [1.165, 1.54) is 12.8 Å². The van der Waals surface area contributed by atoms with Crippen molar-refractivity contribution in [1.82, 2.24) is 4.98 Å². The third-order valence-electron chi connectivity index (χ3n) is 2.94. The van der Waals surface area contributed by atoms with E-state index in [-0.39, 0.29) is 0 Å². The van der Waals surface area contributed by atoms with Crippen LogP contribution in [-0.2, 0) is 0 Å². The second kappa shape index (κ2) is 3.86. The molecule has 14 heavy (non-hydrogen) atoms. The smallest absolute Gasteiger partial charge is 0.125 e. The molecule has 2 unspecified atom stereocenters. The van der Waals surface area contributed by atoms with Crippen molar-refractivity contribution in [2.24, 2.45) is 11.8 Å². The van der Waals surface area contributed by atoms with Gasteiger partial charge in [-0.15, -0.1) is 0 Å². The molecule has 0 amide bonds. The molecule has 0 spiro atoms. The summed E-state index contributed by atoms with van der Waals surface area (Å²) in [5.41, 5.74) is 6.67. The second-order valence-corrected chi connectivity index (χ2v) is 4.01. The van der Waals surface area contributed by atoms with Crippen LogP contribution in [-0.4, -0.2) is 11.5 Å². The molecule has 1 aromatic heterocycles. The highest BCUT2D eigenvalue weighted by molar-refractivity contribution is 5.49. The van der Waals surface area contributed by atoms with Gasteiger partial charge in [-0.25, -0.2) is 4.98 Å². The van der Waals surface area contributed by atoms with Gasteiger partial charge in [-0.1, -0.05) is 13.3 Å². The van der Waals surface area contributed by atoms with Crippen LogP contribution in [0.5, 0.6) is 0 Å². The van der Waals surface area contributed by atoms with Gasteiger partial charge in [-0.3, -0.25) is 0 Å². The zero-order valence-corrected chi connectivity index (χ0v) is 8.53. The maximum Gasteiger partial charge on any atom is 0.125 e. The van der Waals surface area contributed by atoms with Crippen LogP contribution >= 0.6 is 0 Å². The Hall–Kier alpha value is -1.25. The van der Waals surface area contributed by atoms with Gasteiger partial charge < -0.3 is 11.1 Å². The molecule has 0 aliphatic heterocycles. The third kappa shape index (κ3) is 2.16. The lowest BCUT2D eigenvalue weighted by molar-refractivity contribution is 0.701. The zero-order valence-electron chi connectivity index (χ0n) is 8.53. The van der Waals surface area contributed by atoms with E-state index in [2.05, 4.69) is 17.2 Å². The van der Waals surface area contributed by atoms with Crippen LogP contribution < -0.4 is 11.1 Å². The van der Waals surface area contributed by atoms with E-state index in [9.17, 15) is 0 Å². The molecule has 3 heteroatoms. The number of anilines is 2. The second-order valence-electron chi connectivity index (χ2n) is 4.01. The molecule has 1 aliphatic rings. The standard InChI is InChI=1S/C11H17N3/c1-2-8-5-9(8)7-14-10-3-4-13-11(12)6-10/h3-4,6,8-9H,2,5,7H2,1H3,(H3,12,13,14). The lowest BCUT2D eigenvalue weighted by Crippen LogP contribution is -2.05. The molecule has 1 fully saturated rings. The van der Waals surface area contributed by atoms with Crippen LogP contribution in [0.25, 0.3) is 0 Å². The summed E-state index contributed by atoms with van der Waals surface area (Å²) in [7, 11) is 0. The summed E-state index contributed by atoms with van der Waals surface area (Å²) in [6.07, 6.45) is 4.43. The number of nitrogen functional groups attached to an aromatic ring is 1. The molecule has 0 radical (unpaired) electrons. The SMILES string of the molecule is CCC1CC1CNc1ccnc(N)c1. The zero-order chi connectivity index (χ0) is 9.97. The molecule has 3 N–H and O–H groups in total. The first kappa shape index (κ1) is 9.31. The summed E-state index contributed by atoms with van der Waals surface area (Å²) < 4.78 is 0. The van der Waals surface area contributed by atoms with Gasteiger partial charge in [0.1, 0.15) is 5.82 Å². The minimum absolute atomic E-state index is 0.581. The predicted molar refractivity (Wildman–Crippen MR) is 59.0 cm³/mol. The van der Waals surface area contributed by atoms with Gasteiger partial charge >= 0.3 is 0 Å². The number of nitrogens with two attached hydrogens (primary N) is 1. The van der Waals surface area contributed by atoms with Crippen molar-refractivity contribution in [2.75, 3.05) is 17.6 Å². The Morgan fingerprint density at radius 1 is 1.57 bits per heavy atom. The van der Waals surface area contributed by atoms with E-state index >= 15 is 0 Å². The number of nitrogens with one attached hydrogen (secondary N) is 1. The average Bonchev–Trinajstić information content (AvgIpc) is 2.93. The van der Waals surface area contributed by atoms with Gasteiger partial charge in [-0.2, -0.15) is 0 Å². The molecular weight excluding hydrogens is 174 g/mol. The highest BCUT2D eigenvalue weighted by atomic mass is 14.9. The highest BCUT2D eigenvalue weighted by Crippen LogP contribution is 2.40. The summed E-state index contributed by atoms with van der Waals surface area (Å²) in [4.78, 5) is 3.95. The molecule has 3 nitrogen and oxygen atoms in total. The van der Waals surface area contributed by atoms with Crippen LogP contribution in [0.4, 0.5) is 11.5 Å². The lowest BCUT2D eigenvalue weighted by Gasteiger charge is -2.05. The van der Waals surface area contributed by atoms with E-state index < -0.39 is 0 Å². The summed E-state index contributed by atoms with van der Waals surface area (Å²) in [6.45, 7) is 3.33. The topological polar surface area (TPSA) is 50.9 Å². The molecule has 2 atom stereocenters. The third-order valence-corrected chi connectivity index (χ3v) is 2.94. The van der Waals surface area contributed by atoms with Crippen molar-refractivity contribution in [1.29, 1.82) is 0 Å². The highest BCUT2D eigenvalue weighted by Gasteiger charge is 2.34. The Morgan fingerprint density at radius 2 is 2.43 bits per heavy atom. The molecule has 0 saturated heterocycles. The fourth-order valence-corrected chi connectivity index (χ4v) is 1.87. The van der Waals surface area contributed by atoms with E-state index in [4.69, 9.17) is 5.73 Å². The number of aromatic nitrogens is 1. The van der Waals surface area contributed by atoms with E-state index in [1.54, 1.807) is 6.20 Å². The number of rotatable bonds is 4. The number of hydrogen-bond acceptors (Lipinski definition) is 3. The number of hydrogen-bond donors (Lipinski definition) is 2. The average molecular weight is 191 g/mol. The van der Waals surface area contributed by atoms with Gasteiger partial charge in [0.15, 0.2) is 0 Å². The predicted octanol–water partition coefficient (Wildman–Crippen LogP) is 2.12. The molecule has 0 aromatic carbocycles. The molecule has 1 aromatic rings. The quantitative estimate of drug-likeness (QED) is 0.766. The maximum absolute atomic E-state index is 5.58. The molecule has 76 valence electrons. The van der Waals surface area contributed by atoms with E-state index in [1.807, 2.05) is 12.1 Å². The monoisotopic (exact) mass is 191 g/mol. The van der Waals surface area contributed by atoms with Crippen LogP contribution in [0, 0.1) is 11.8 Å². The van der Waals surface area contributed by atoms with Gasteiger partial charge in [-0.05, 0) is 24.3 Å². The lowest BCUT2D eigenvalue weighted by atomic mass is 10.2. The van der Waals surface area contributed by atoms with Crippen molar-refractivity contribution in [3.63, 3.8) is 0 Å². The Morgan fingerprint density at radius 3 is 3.07 bits per heavy atom. The van der Waals surface area contributed by atoms with Gasteiger partial charge in [0.25, 0.3) is 0 Å². The van der Waals surface area contributed by atoms with E-state index in [0.29, 0.717) is 5.82 Å². The van der Waals surface area contributed by atoms with Crippen LogP contribution in [0.3, 0.4) is 0 Å². The van der Waals surface area contributed by atoms with Crippen LogP contribution in [0.2, 0.25) is 0 Å². The van der Waals surface area contributed by atoms with Crippen LogP contribution in [0.1, 0.15) is 19.8 Å². The Kier molecular flexibility index (Phi) is 2.57. The van der Waals surface area contributed by atoms with Crippen molar-refractivity contribution in [3.8, 4) is 0 Å². The Balaban J connectivity index is 1.81. The first-order valence-electron chi connectivity index (χ1n) is 5.25. The first-order valence-corrected chi connectivity index (χ1v) is 5.25. The molecule has 0 bridgehead atoms. The molecule has 1 aliphatic carbocycles.